The van der Waals surface area contributed by atoms with Gasteiger partial charge in [-0.1, -0.05) is 0 Å². The van der Waals surface area contributed by atoms with E-state index in [2.05, 4.69) is 131 Å². The van der Waals surface area contributed by atoms with Crippen LogP contribution in [0.15, 0.2) is 158 Å². The normalized spacial score (nSPS) is 10.2. The van der Waals surface area contributed by atoms with Gasteiger partial charge in [0, 0.05) is 40.8 Å². The van der Waals surface area contributed by atoms with Gasteiger partial charge in [0.2, 0.25) is 0 Å². The first kappa shape index (κ1) is 34.7. The van der Waals surface area contributed by atoms with Gasteiger partial charge in [0.25, 0.3) is 0 Å². The molecular weight excluding hydrogens is 870 g/mol. The van der Waals surface area contributed by atoms with Gasteiger partial charge in [-0.15, -0.1) is 0 Å². The van der Waals surface area contributed by atoms with Gasteiger partial charge in [-0.05, 0) is 0 Å². The Kier molecular flexibility index (Phi) is 15.0. The third-order valence-electron chi connectivity index (χ3n) is 5.97. The van der Waals surface area contributed by atoms with Crippen LogP contribution < -0.4 is 26.4 Å². The van der Waals surface area contributed by atoms with E-state index < -0.39 is 29.3 Å². The maximum atomic E-state index is 6.43. The number of hydrogen-bond donors (Lipinski definition) is 0. The van der Waals surface area contributed by atoms with Gasteiger partial charge in [0.15, 0.2) is 0 Å². The number of rotatable bonds is 6. The Labute approximate surface area is 294 Å². The van der Waals surface area contributed by atoms with Gasteiger partial charge in [0.1, 0.15) is 0 Å². The molecule has 0 aliphatic carbocycles. The van der Waals surface area contributed by atoms with Crippen molar-refractivity contribution in [3.05, 3.63) is 168 Å². The average molecular weight is 896 g/mol. The zero-order valence-electron chi connectivity index (χ0n) is 22.2. The van der Waals surface area contributed by atoms with Crippen molar-refractivity contribution in [1.29, 1.82) is 0 Å². The second-order valence-electron chi connectivity index (χ2n) is 8.63. The van der Waals surface area contributed by atoms with Crippen molar-refractivity contribution < 1.29 is 40.8 Å². The Balaban J connectivity index is 0.000000221. The minimum absolute atomic E-state index is 0. The molecule has 0 amide bonds. The molecule has 0 atom stereocenters. The van der Waals surface area contributed by atoms with Crippen molar-refractivity contribution >= 4 is 78.9 Å². The van der Waals surface area contributed by atoms with Crippen molar-refractivity contribution in [2.24, 2.45) is 0 Å². The predicted molar refractivity (Wildman–Crippen MR) is 174 cm³/mol. The van der Waals surface area contributed by atoms with Crippen LogP contribution in [0, 0.1) is 0 Å². The second-order valence-corrected chi connectivity index (χ2v) is 18.4. The molecule has 0 saturated heterocycles. The Morgan fingerprint density at radius 2 is 0.810 bits per heavy atom. The summed E-state index contributed by atoms with van der Waals surface area (Å²) in [4.78, 5) is 9.14. The molecule has 0 fully saturated rings. The number of benzene rings is 4. The third-order valence-corrected chi connectivity index (χ3v) is 17.0. The first-order valence-electron chi connectivity index (χ1n) is 12.7. The van der Waals surface area contributed by atoms with Crippen molar-refractivity contribution in [1.82, 2.24) is 9.97 Å². The monoisotopic (exact) mass is 894 g/mol. The first-order valence-corrected chi connectivity index (χ1v) is 19.1. The van der Waals surface area contributed by atoms with Gasteiger partial charge in [-0.25, -0.2) is 0 Å². The number of halogens is 2. The molecule has 0 bridgehead atoms. The molecule has 6 rings (SSSR count). The molecule has 0 unspecified atom stereocenters. The molecule has 2 heterocycles. The minimum atomic E-state index is -1.79. The van der Waals surface area contributed by atoms with E-state index in [1.165, 1.54) is 21.9 Å². The molecule has 0 aliphatic heterocycles. The molecule has 216 valence electrons. The number of aromatic nitrogens is 2. The van der Waals surface area contributed by atoms with E-state index in [0.717, 1.165) is 4.48 Å². The molecule has 0 radical (unpaired) electrons. The number of nitrogens with zero attached hydrogens (tertiary/aromatic N) is 2. The summed E-state index contributed by atoms with van der Waals surface area (Å²) < 4.78 is 7.56. The summed E-state index contributed by atoms with van der Waals surface area (Å²) in [6.07, 6.45) is 3.63. The van der Waals surface area contributed by atoms with Gasteiger partial charge in [-0.2, -0.15) is 0 Å². The van der Waals surface area contributed by atoms with Crippen LogP contribution in [0.1, 0.15) is 0 Å². The van der Waals surface area contributed by atoms with Crippen LogP contribution >= 0.6 is 23.2 Å². The third kappa shape index (κ3) is 9.10. The summed E-state index contributed by atoms with van der Waals surface area (Å²) in [7, 11) is 0. The van der Waals surface area contributed by atoms with Crippen LogP contribution in [0.2, 0.25) is 10.0 Å². The molecule has 0 spiro atoms. The Hall–Kier alpha value is -1.80. The molecule has 42 heavy (non-hydrogen) atoms. The van der Waals surface area contributed by atoms with Crippen LogP contribution in [-0.4, -0.2) is 39.3 Å². The second kappa shape index (κ2) is 18.1. The van der Waals surface area contributed by atoms with Gasteiger partial charge >= 0.3 is 257 Å². The summed E-state index contributed by atoms with van der Waals surface area (Å²) in [5.74, 6) is 0. The summed E-state index contributed by atoms with van der Waals surface area (Å²) in [5.41, 5.74) is 0. The van der Waals surface area contributed by atoms with E-state index in [0.29, 0.717) is 10.0 Å². The van der Waals surface area contributed by atoms with Crippen molar-refractivity contribution in [3.8, 4) is 0 Å². The van der Waals surface area contributed by atoms with E-state index in [1.54, 1.807) is 12.3 Å². The number of pyridine rings is 2. The quantitative estimate of drug-likeness (QED) is 0.231. The summed E-state index contributed by atoms with van der Waals surface area (Å²) in [5, 5.41) is 1.14. The Bertz CT molecular complexity index is 1480. The molecule has 4 aromatic carbocycles. The van der Waals surface area contributed by atoms with Crippen molar-refractivity contribution in [3.63, 3.8) is 0 Å². The zero-order chi connectivity index (χ0) is 27.6. The van der Waals surface area contributed by atoms with Gasteiger partial charge in [0.05, 0.1) is 0 Å². The van der Waals surface area contributed by atoms with E-state index in [4.69, 9.17) is 23.2 Å². The van der Waals surface area contributed by atoms with Crippen LogP contribution in [0.25, 0.3) is 0 Å². The molecule has 0 N–H and O–H groups in total. The molecule has 6 aromatic rings. The average Bonchev–Trinajstić information content (AvgIpc) is 3.03. The van der Waals surface area contributed by atoms with E-state index in [1.807, 2.05) is 24.4 Å². The Morgan fingerprint density at radius 3 is 1.21 bits per heavy atom. The first-order chi connectivity index (χ1) is 19.7. The van der Waals surface area contributed by atoms with E-state index >= 15 is 0 Å². The predicted octanol–water partition coefficient (Wildman–Crippen LogP) is 4.50. The molecule has 2 aromatic heterocycles. The Morgan fingerprint density at radius 1 is 0.405 bits per heavy atom. The topological polar surface area (TPSA) is 25.8 Å². The molecular formula is C34H26As2Cl2N2Pd2. The van der Waals surface area contributed by atoms with Crippen LogP contribution in [0.3, 0.4) is 0 Å². The SMILES string of the molecule is Clc1ccnc([As](c2ccccc2)c2ccccc2)c1Cl.[Pd].[Pd].c1ccc([As](c2ccccc2)c2ccccn2)cc1. The van der Waals surface area contributed by atoms with E-state index in [9.17, 15) is 0 Å². The molecule has 0 saturated carbocycles. The van der Waals surface area contributed by atoms with Gasteiger partial charge in [-0.3, -0.25) is 0 Å². The number of hydrogen-bond acceptors (Lipinski definition) is 2. The summed E-state index contributed by atoms with van der Waals surface area (Å²) in [6.45, 7) is 0. The van der Waals surface area contributed by atoms with Gasteiger partial charge < -0.3 is 0 Å². The van der Waals surface area contributed by atoms with Crippen LogP contribution in [0.5, 0.6) is 0 Å². The van der Waals surface area contributed by atoms with Crippen LogP contribution in [0.4, 0.5) is 0 Å². The fourth-order valence-corrected chi connectivity index (χ4v) is 14.3. The molecule has 0 aliphatic rings. The molecule has 8 heteroatoms. The van der Waals surface area contributed by atoms with Crippen molar-refractivity contribution in [2.75, 3.05) is 0 Å². The summed E-state index contributed by atoms with van der Waals surface area (Å²) in [6, 6.07) is 50.3. The van der Waals surface area contributed by atoms with Crippen LogP contribution in [-0.2, 0) is 40.8 Å². The van der Waals surface area contributed by atoms with E-state index in [-0.39, 0.29) is 40.8 Å². The standard InChI is InChI=1S/C17H12AsCl2N.C17H14AsN.2Pd/c19-15-11-12-21-17(16(15)20)18(13-7-3-1-4-8-13)14-9-5-2-6-10-14;1-3-9-15(10-4-1)18(16-11-5-2-6-12-16)17-13-7-8-14-19-17;;/h1-12H;1-14H;;. The zero-order valence-corrected chi connectivity index (χ0v) is 30.6. The maximum absolute atomic E-state index is 6.43. The summed E-state index contributed by atoms with van der Waals surface area (Å²) >= 11 is 9.33. The molecule has 2 nitrogen and oxygen atoms in total. The fourth-order valence-electron chi connectivity index (χ4n) is 4.17. The van der Waals surface area contributed by atoms with Crippen molar-refractivity contribution in [2.45, 2.75) is 0 Å². The fraction of sp³-hybridized carbons (Fsp3) is 0.